The Morgan fingerprint density at radius 1 is 1.15 bits per heavy atom. The Morgan fingerprint density at radius 3 is 2.55 bits per heavy atom. The summed E-state index contributed by atoms with van der Waals surface area (Å²) in [6.45, 7) is 9.33. The highest BCUT2D eigenvalue weighted by Crippen LogP contribution is 2.19. The lowest BCUT2D eigenvalue weighted by atomic mass is 10.1. The van der Waals surface area contributed by atoms with Crippen LogP contribution in [0.5, 0.6) is 0 Å². The number of rotatable bonds is 5. The van der Waals surface area contributed by atoms with E-state index in [1.165, 1.54) is 56.4 Å². The molecule has 1 saturated heterocycles. The fraction of sp³-hybridized carbons (Fsp3) is 0.667. The van der Waals surface area contributed by atoms with Gasteiger partial charge in [-0.1, -0.05) is 25.5 Å². The standard InChI is InChI=1S/C18H30N2/c1-4-6-16-8-10-18(11-9-16)19-17-7-5-13-20(14-12-17)15(2)3/h8-11,15,17,19H,4-7,12-14H2,1-3H3. The van der Waals surface area contributed by atoms with Crippen LogP contribution in [0.25, 0.3) is 0 Å². The van der Waals surface area contributed by atoms with Gasteiger partial charge in [0.15, 0.2) is 0 Å². The molecule has 0 aromatic heterocycles. The van der Waals surface area contributed by atoms with Crippen molar-refractivity contribution in [1.29, 1.82) is 0 Å². The second-order valence-electron chi connectivity index (χ2n) is 6.35. The summed E-state index contributed by atoms with van der Waals surface area (Å²) in [4.78, 5) is 2.60. The molecule has 1 atom stereocenters. The van der Waals surface area contributed by atoms with Gasteiger partial charge >= 0.3 is 0 Å². The molecule has 0 amide bonds. The summed E-state index contributed by atoms with van der Waals surface area (Å²) in [6, 6.07) is 10.3. The number of benzene rings is 1. The van der Waals surface area contributed by atoms with Crippen LogP contribution in [0.15, 0.2) is 24.3 Å². The molecular formula is C18H30N2. The van der Waals surface area contributed by atoms with E-state index in [1.54, 1.807) is 0 Å². The number of nitrogens with zero attached hydrogens (tertiary/aromatic N) is 1. The topological polar surface area (TPSA) is 15.3 Å². The first-order valence-electron chi connectivity index (χ1n) is 8.28. The molecule has 0 bridgehead atoms. The third-order valence-corrected chi connectivity index (χ3v) is 4.36. The number of aryl methyl sites for hydroxylation is 1. The third kappa shape index (κ3) is 4.52. The van der Waals surface area contributed by atoms with Crippen molar-refractivity contribution < 1.29 is 0 Å². The molecule has 0 saturated carbocycles. The van der Waals surface area contributed by atoms with E-state index in [4.69, 9.17) is 0 Å². The Bertz CT molecular complexity index is 383. The molecule has 1 fully saturated rings. The average molecular weight is 274 g/mol. The summed E-state index contributed by atoms with van der Waals surface area (Å²) < 4.78 is 0. The van der Waals surface area contributed by atoms with Crippen LogP contribution in [0, 0.1) is 0 Å². The summed E-state index contributed by atoms with van der Waals surface area (Å²) in [6.07, 6.45) is 6.27. The van der Waals surface area contributed by atoms with Crippen molar-refractivity contribution in [1.82, 2.24) is 4.90 Å². The maximum atomic E-state index is 3.72. The van der Waals surface area contributed by atoms with Crippen LogP contribution in [0.3, 0.4) is 0 Å². The number of hydrogen-bond donors (Lipinski definition) is 1. The Balaban J connectivity index is 1.86. The van der Waals surface area contributed by atoms with Crippen LogP contribution in [-0.4, -0.2) is 30.1 Å². The van der Waals surface area contributed by atoms with Crippen LogP contribution in [0.2, 0.25) is 0 Å². The van der Waals surface area contributed by atoms with E-state index < -0.39 is 0 Å². The second-order valence-corrected chi connectivity index (χ2v) is 6.35. The van der Waals surface area contributed by atoms with Crippen molar-refractivity contribution in [2.75, 3.05) is 18.4 Å². The van der Waals surface area contributed by atoms with Gasteiger partial charge < -0.3 is 10.2 Å². The molecule has 112 valence electrons. The molecule has 0 spiro atoms. The molecule has 1 aliphatic rings. The molecule has 1 N–H and O–H groups in total. The fourth-order valence-corrected chi connectivity index (χ4v) is 3.07. The zero-order valence-electron chi connectivity index (χ0n) is 13.4. The minimum absolute atomic E-state index is 0.635. The number of nitrogens with one attached hydrogen (secondary N) is 1. The molecule has 2 rings (SSSR count). The van der Waals surface area contributed by atoms with Gasteiger partial charge in [0.05, 0.1) is 0 Å². The highest BCUT2D eigenvalue weighted by Gasteiger charge is 2.18. The minimum Gasteiger partial charge on any atom is -0.382 e. The Hall–Kier alpha value is -1.02. The lowest BCUT2D eigenvalue weighted by Gasteiger charge is -2.24. The van der Waals surface area contributed by atoms with Gasteiger partial charge in [-0.2, -0.15) is 0 Å². The molecular weight excluding hydrogens is 244 g/mol. The van der Waals surface area contributed by atoms with Crippen molar-refractivity contribution in [2.24, 2.45) is 0 Å². The van der Waals surface area contributed by atoms with Crippen molar-refractivity contribution in [3.05, 3.63) is 29.8 Å². The third-order valence-electron chi connectivity index (χ3n) is 4.36. The average Bonchev–Trinajstić information content (AvgIpc) is 2.67. The van der Waals surface area contributed by atoms with Gasteiger partial charge in [0.2, 0.25) is 0 Å². The Labute approximate surface area is 124 Å². The van der Waals surface area contributed by atoms with Crippen molar-refractivity contribution >= 4 is 5.69 Å². The van der Waals surface area contributed by atoms with Crippen LogP contribution < -0.4 is 5.32 Å². The van der Waals surface area contributed by atoms with E-state index in [-0.39, 0.29) is 0 Å². The van der Waals surface area contributed by atoms with Gasteiger partial charge in [0, 0.05) is 24.3 Å². The summed E-state index contributed by atoms with van der Waals surface area (Å²) in [5.41, 5.74) is 2.73. The largest absolute Gasteiger partial charge is 0.382 e. The smallest absolute Gasteiger partial charge is 0.0342 e. The van der Waals surface area contributed by atoms with Crippen LogP contribution in [-0.2, 0) is 6.42 Å². The predicted molar refractivity (Wildman–Crippen MR) is 88.4 cm³/mol. The number of anilines is 1. The SMILES string of the molecule is CCCc1ccc(NC2CCCN(C(C)C)CC2)cc1. The highest BCUT2D eigenvalue weighted by molar-refractivity contribution is 5.45. The first kappa shape index (κ1) is 15.4. The highest BCUT2D eigenvalue weighted by atomic mass is 15.1. The Kier molecular flexibility index (Phi) is 5.90. The summed E-state index contributed by atoms with van der Waals surface area (Å²) in [5.74, 6) is 0. The molecule has 20 heavy (non-hydrogen) atoms. The summed E-state index contributed by atoms with van der Waals surface area (Å²) >= 11 is 0. The zero-order valence-corrected chi connectivity index (χ0v) is 13.4. The summed E-state index contributed by atoms with van der Waals surface area (Å²) in [5, 5.41) is 3.72. The molecule has 1 unspecified atom stereocenters. The lowest BCUT2D eigenvalue weighted by molar-refractivity contribution is 0.230. The van der Waals surface area contributed by atoms with E-state index in [1.807, 2.05) is 0 Å². The first-order valence-corrected chi connectivity index (χ1v) is 8.28. The number of hydrogen-bond acceptors (Lipinski definition) is 2. The second kappa shape index (κ2) is 7.68. The van der Waals surface area contributed by atoms with Crippen LogP contribution in [0.1, 0.15) is 52.0 Å². The molecule has 1 aliphatic heterocycles. The monoisotopic (exact) mass is 274 g/mol. The zero-order chi connectivity index (χ0) is 14.4. The van der Waals surface area contributed by atoms with Gasteiger partial charge in [0.1, 0.15) is 0 Å². The molecule has 2 heteroatoms. The lowest BCUT2D eigenvalue weighted by Crippen LogP contribution is -2.32. The normalized spacial score (nSPS) is 20.9. The minimum atomic E-state index is 0.635. The van der Waals surface area contributed by atoms with Crippen LogP contribution >= 0.6 is 0 Å². The van der Waals surface area contributed by atoms with E-state index in [0.29, 0.717) is 12.1 Å². The van der Waals surface area contributed by atoms with E-state index in [9.17, 15) is 0 Å². The van der Waals surface area contributed by atoms with Gasteiger partial charge in [0.25, 0.3) is 0 Å². The maximum Gasteiger partial charge on any atom is 0.0342 e. The van der Waals surface area contributed by atoms with E-state index in [2.05, 4.69) is 55.3 Å². The molecule has 1 heterocycles. The van der Waals surface area contributed by atoms with Gasteiger partial charge in [-0.3, -0.25) is 0 Å². The van der Waals surface area contributed by atoms with E-state index >= 15 is 0 Å². The van der Waals surface area contributed by atoms with Crippen molar-refractivity contribution in [3.8, 4) is 0 Å². The quantitative estimate of drug-likeness (QED) is 0.860. The summed E-state index contributed by atoms with van der Waals surface area (Å²) in [7, 11) is 0. The number of likely N-dealkylation sites (tertiary alicyclic amines) is 1. The Morgan fingerprint density at radius 2 is 1.90 bits per heavy atom. The van der Waals surface area contributed by atoms with Gasteiger partial charge in [-0.25, -0.2) is 0 Å². The molecule has 1 aromatic rings. The van der Waals surface area contributed by atoms with Crippen molar-refractivity contribution in [3.63, 3.8) is 0 Å². The predicted octanol–water partition coefficient (Wildman–Crippen LogP) is 4.31. The van der Waals surface area contributed by atoms with E-state index in [0.717, 1.165) is 0 Å². The van der Waals surface area contributed by atoms with Crippen LogP contribution in [0.4, 0.5) is 5.69 Å². The van der Waals surface area contributed by atoms with Gasteiger partial charge in [-0.05, 0) is 63.8 Å². The maximum absolute atomic E-state index is 3.72. The molecule has 2 nitrogen and oxygen atoms in total. The first-order chi connectivity index (χ1) is 9.69. The molecule has 0 radical (unpaired) electrons. The fourth-order valence-electron chi connectivity index (χ4n) is 3.07. The van der Waals surface area contributed by atoms with Crippen molar-refractivity contribution in [2.45, 2.75) is 65.0 Å². The molecule has 1 aromatic carbocycles. The van der Waals surface area contributed by atoms with Gasteiger partial charge in [-0.15, -0.1) is 0 Å². The molecule has 0 aliphatic carbocycles.